The minimum absolute atomic E-state index is 0.00243. The average molecular weight is 535 g/mol. The molecule has 206 valence electrons. The predicted octanol–water partition coefficient (Wildman–Crippen LogP) is 5.52. The van der Waals surface area contributed by atoms with Gasteiger partial charge in [0.05, 0.1) is 5.56 Å². The number of carbonyl (C=O) groups excluding carboxylic acids is 1. The second kappa shape index (κ2) is 10.4. The summed E-state index contributed by atoms with van der Waals surface area (Å²) >= 11 is 0. The fourth-order valence-electron chi connectivity index (χ4n) is 5.95. The number of aromatic hydroxyl groups is 2. The fourth-order valence-corrected chi connectivity index (χ4v) is 5.95. The third kappa shape index (κ3) is 4.67. The maximum atomic E-state index is 13.2. The van der Waals surface area contributed by atoms with Crippen LogP contribution in [0.25, 0.3) is 22.1 Å². The summed E-state index contributed by atoms with van der Waals surface area (Å²) < 4.78 is 18.9. The highest BCUT2D eigenvalue weighted by Gasteiger charge is 2.51. The Bertz CT molecular complexity index is 1510. The van der Waals surface area contributed by atoms with Gasteiger partial charge in [0.25, 0.3) is 0 Å². The molecule has 2 heterocycles. The number of ether oxygens (including phenoxy) is 2. The zero-order valence-electron chi connectivity index (χ0n) is 22.5. The van der Waals surface area contributed by atoms with Gasteiger partial charge in [-0.3, -0.25) is 4.79 Å². The molecule has 1 fully saturated rings. The summed E-state index contributed by atoms with van der Waals surface area (Å²) in [6.45, 7) is 4.89. The lowest BCUT2D eigenvalue weighted by Crippen LogP contribution is -2.56. The van der Waals surface area contributed by atoms with Crippen molar-refractivity contribution >= 4 is 16.9 Å². The Morgan fingerprint density at radius 1 is 1.18 bits per heavy atom. The van der Waals surface area contributed by atoms with Gasteiger partial charge in [0, 0.05) is 29.5 Å². The maximum Gasteiger partial charge on any atom is 0.333 e. The molecule has 1 saturated carbocycles. The van der Waals surface area contributed by atoms with Crippen molar-refractivity contribution in [2.75, 3.05) is 0 Å². The van der Waals surface area contributed by atoms with Crippen LogP contribution < -0.4 is 10.2 Å². The lowest BCUT2D eigenvalue weighted by atomic mass is 9.72. The first-order chi connectivity index (χ1) is 18.7. The topological polar surface area (TPSA) is 126 Å². The molecule has 1 aromatic heterocycles. The number of hydrogen-bond acceptors (Lipinski definition) is 8. The molecule has 1 aliphatic carbocycles. The van der Waals surface area contributed by atoms with Crippen molar-refractivity contribution in [2.24, 2.45) is 5.92 Å². The minimum Gasteiger partial charge on any atom is -0.508 e. The van der Waals surface area contributed by atoms with E-state index in [1.807, 2.05) is 6.92 Å². The van der Waals surface area contributed by atoms with Gasteiger partial charge in [-0.2, -0.15) is 0 Å². The van der Waals surface area contributed by atoms with Crippen LogP contribution in [0.3, 0.4) is 0 Å². The molecule has 1 aliphatic heterocycles. The summed E-state index contributed by atoms with van der Waals surface area (Å²) in [5.74, 6) is -0.343. The number of aliphatic hydroxyl groups excluding tert-OH is 1. The van der Waals surface area contributed by atoms with Crippen molar-refractivity contribution in [3.05, 3.63) is 63.5 Å². The molecule has 8 nitrogen and oxygen atoms in total. The van der Waals surface area contributed by atoms with E-state index < -0.39 is 29.7 Å². The van der Waals surface area contributed by atoms with Gasteiger partial charge in [0.2, 0.25) is 0 Å². The van der Waals surface area contributed by atoms with E-state index in [1.165, 1.54) is 12.1 Å². The van der Waals surface area contributed by atoms with Crippen molar-refractivity contribution in [2.45, 2.75) is 77.6 Å². The highest BCUT2D eigenvalue weighted by Crippen LogP contribution is 2.53. The van der Waals surface area contributed by atoms with E-state index in [2.05, 4.69) is 0 Å². The van der Waals surface area contributed by atoms with E-state index in [0.717, 1.165) is 38.2 Å². The molecule has 0 saturated heterocycles. The van der Waals surface area contributed by atoms with Crippen LogP contribution in [0.1, 0.15) is 64.2 Å². The zero-order chi connectivity index (χ0) is 27.9. The fraction of sp³-hybridized carbons (Fsp3) is 0.419. The van der Waals surface area contributed by atoms with E-state index in [1.54, 1.807) is 32.1 Å². The molecule has 0 spiro atoms. The van der Waals surface area contributed by atoms with Gasteiger partial charge in [0.15, 0.2) is 11.0 Å². The molecule has 39 heavy (non-hydrogen) atoms. The van der Waals surface area contributed by atoms with Gasteiger partial charge in [-0.05, 0) is 51.3 Å². The summed E-state index contributed by atoms with van der Waals surface area (Å²) in [4.78, 5) is 26.1. The normalized spacial score (nSPS) is 21.8. The Hall–Kier alpha value is -3.78. The van der Waals surface area contributed by atoms with Crippen molar-refractivity contribution in [3.8, 4) is 28.4 Å². The Labute approximate surface area is 226 Å². The average Bonchev–Trinajstić information content (AvgIpc) is 2.93. The lowest BCUT2D eigenvalue weighted by molar-refractivity contribution is -0.166. The molecule has 2 atom stereocenters. The van der Waals surface area contributed by atoms with Gasteiger partial charge in [0.1, 0.15) is 46.7 Å². The Morgan fingerprint density at radius 3 is 2.59 bits per heavy atom. The predicted molar refractivity (Wildman–Crippen MR) is 146 cm³/mol. The Balaban J connectivity index is 1.80. The van der Waals surface area contributed by atoms with Crippen LogP contribution in [0.2, 0.25) is 0 Å². The number of esters is 1. The number of allylic oxidation sites excluding steroid dienone is 1. The van der Waals surface area contributed by atoms with Crippen LogP contribution >= 0.6 is 0 Å². The van der Waals surface area contributed by atoms with E-state index in [-0.39, 0.29) is 40.6 Å². The molecule has 0 amide bonds. The second-order valence-electron chi connectivity index (χ2n) is 10.7. The molecule has 2 aromatic carbocycles. The molecular formula is C31H34O8. The molecule has 2 unspecified atom stereocenters. The molecule has 0 radical (unpaired) electrons. The molecule has 0 bridgehead atoms. The maximum absolute atomic E-state index is 13.2. The quantitative estimate of drug-likeness (QED) is 0.289. The van der Waals surface area contributed by atoms with Gasteiger partial charge >= 0.3 is 5.97 Å². The number of rotatable bonds is 5. The third-order valence-electron chi connectivity index (χ3n) is 8.31. The van der Waals surface area contributed by atoms with Gasteiger partial charge in [-0.1, -0.05) is 37.5 Å². The lowest BCUT2D eigenvalue weighted by Gasteiger charge is -2.48. The van der Waals surface area contributed by atoms with E-state index >= 15 is 0 Å². The Kier molecular flexibility index (Phi) is 7.16. The molecule has 3 aromatic rings. The first-order valence-electron chi connectivity index (χ1n) is 13.5. The first-order valence-corrected chi connectivity index (χ1v) is 13.5. The van der Waals surface area contributed by atoms with Crippen LogP contribution in [0, 0.1) is 5.92 Å². The van der Waals surface area contributed by atoms with Crippen molar-refractivity contribution < 1.29 is 34.0 Å². The highest BCUT2D eigenvalue weighted by molar-refractivity contribution is 6.01. The molecular weight excluding hydrogens is 500 g/mol. The highest BCUT2D eigenvalue weighted by atomic mass is 16.6. The molecule has 5 rings (SSSR count). The third-order valence-corrected chi connectivity index (χ3v) is 8.31. The number of phenols is 2. The van der Waals surface area contributed by atoms with Gasteiger partial charge < -0.3 is 29.2 Å². The summed E-state index contributed by atoms with van der Waals surface area (Å²) in [6.07, 6.45) is 6.07. The zero-order valence-corrected chi connectivity index (χ0v) is 22.5. The van der Waals surface area contributed by atoms with Crippen molar-refractivity contribution in [3.63, 3.8) is 0 Å². The summed E-state index contributed by atoms with van der Waals surface area (Å²) in [7, 11) is 0. The number of phenolic OH excluding ortho intramolecular Hbond substituents is 2. The number of aliphatic hydroxyl groups is 1. The smallest absolute Gasteiger partial charge is 0.333 e. The minimum atomic E-state index is -0.933. The molecule has 3 N–H and O–H groups in total. The summed E-state index contributed by atoms with van der Waals surface area (Å²) in [6, 6.07) is 7.61. The molecule has 2 aliphatic rings. The Morgan fingerprint density at radius 2 is 1.92 bits per heavy atom. The number of fused-ring (bicyclic) bond motifs is 2. The van der Waals surface area contributed by atoms with Gasteiger partial charge in [-0.15, -0.1) is 0 Å². The monoisotopic (exact) mass is 534 g/mol. The van der Waals surface area contributed by atoms with Crippen molar-refractivity contribution in [1.82, 2.24) is 0 Å². The SMILES string of the molecule is CC=C(C)C(=O)OC1Cc2c(c(-c3cccc(O)c3)c3oc(CO)cc(=O)c3c2O)OC1(C)C1CCCCC1. The van der Waals surface area contributed by atoms with Crippen LogP contribution in [0.15, 0.2) is 51.2 Å². The van der Waals surface area contributed by atoms with Crippen LogP contribution in [-0.4, -0.2) is 33.0 Å². The molecule has 8 heteroatoms. The number of carbonyl (C=O) groups is 1. The largest absolute Gasteiger partial charge is 0.508 e. The van der Waals surface area contributed by atoms with E-state index in [0.29, 0.717) is 28.0 Å². The summed E-state index contributed by atoms with van der Waals surface area (Å²) in [5, 5.41) is 31.4. The van der Waals surface area contributed by atoms with E-state index in [4.69, 9.17) is 13.9 Å². The van der Waals surface area contributed by atoms with E-state index in [9.17, 15) is 24.9 Å². The van der Waals surface area contributed by atoms with Gasteiger partial charge in [-0.25, -0.2) is 4.79 Å². The first kappa shape index (κ1) is 26.8. The second-order valence-corrected chi connectivity index (χ2v) is 10.7. The standard InChI is InChI=1S/C31H34O8/c1-4-17(2)30(36)38-24-15-22-27(35)26-23(34)14-21(16-32)37-29(26)25(18-9-8-12-20(33)13-18)28(22)39-31(24,3)19-10-6-5-7-11-19/h4,8-9,12-14,19,24,32-33,35H,5-7,10-11,15-16H2,1-3H3. The number of benzene rings is 2. The summed E-state index contributed by atoms with van der Waals surface area (Å²) in [5.41, 5.74) is 0.289. The van der Waals surface area contributed by atoms with Crippen LogP contribution in [0.5, 0.6) is 17.2 Å². The van der Waals surface area contributed by atoms with Crippen LogP contribution in [-0.2, 0) is 22.6 Å². The van der Waals surface area contributed by atoms with Crippen molar-refractivity contribution in [1.29, 1.82) is 0 Å². The van der Waals surface area contributed by atoms with Crippen LogP contribution in [0.4, 0.5) is 0 Å². The number of hydrogen-bond donors (Lipinski definition) is 3.